The molecule has 2 N–H and O–H groups in total. The molecule has 9 heteroatoms. The van der Waals surface area contributed by atoms with Crippen molar-refractivity contribution >= 4 is 23.1 Å². The maximum Gasteiger partial charge on any atom is 0.270 e. The molecule has 0 fully saturated rings. The second-order valence-electron chi connectivity index (χ2n) is 6.59. The molecule has 0 aliphatic heterocycles. The molecule has 3 aromatic heterocycles. The number of nitrogen functional groups attached to an aromatic ring is 1. The Bertz CT molecular complexity index is 1180. The Morgan fingerprint density at radius 1 is 1.07 bits per heavy atom. The van der Waals surface area contributed by atoms with Crippen LogP contribution >= 0.6 is 11.3 Å². The van der Waals surface area contributed by atoms with Crippen LogP contribution in [0.4, 0.5) is 5.82 Å². The predicted octanol–water partition coefficient (Wildman–Crippen LogP) is 3.51. The van der Waals surface area contributed by atoms with Crippen molar-refractivity contribution in [3.05, 3.63) is 53.0 Å². The van der Waals surface area contributed by atoms with Crippen LogP contribution in [0.25, 0.3) is 33.6 Å². The number of nitrogens with zero attached hydrogens (tertiary/aromatic N) is 5. The van der Waals surface area contributed by atoms with E-state index >= 15 is 0 Å². The minimum Gasteiger partial charge on any atom is -0.414 e. The number of carbonyl (C=O) groups excluding carboxylic acids is 1. The van der Waals surface area contributed by atoms with Crippen LogP contribution < -0.4 is 5.73 Å². The van der Waals surface area contributed by atoms with E-state index in [0.717, 1.165) is 15.3 Å². The summed E-state index contributed by atoms with van der Waals surface area (Å²) in [6, 6.07) is 11.0. The summed E-state index contributed by atoms with van der Waals surface area (Å²) in [5.41, 5.74) is 8.30. The van der Waals surface area contributed by atoms with Crippen LogP contribution in [-0.4, -0.2) is 45.1 Å². The molecule has 0 saturated carbocycles. The van der Waals surface area contributed by atoms with E-state index in [1.807, 2.05) is 31.2 Å². The van der Waals surface area contributed by atoms with Crippen LogP contribution in [0.5, 0.6) is 0 Å². The first-order chi connectivity index (χ1) is 13.9. The number of carbonyl (C=O) groups is 1. The van der Waals surface area contributed by atoms with Crippen molar-refractivity contribution in [3.8, 4) is 33.6 Å². The first kappa shape index (κ1) is 18.8. The van der Waals surface area contributed by atoms with Gasteiger partial charge in [-0.25, -0.2) is 9.97 Å². The molecular weight excluding hydrogens is 388 g/mol. The fourth-order valence-corrected chi connectivity index (χ4v) is 3.49. The predicted molar refractivity (Wildman–Crippen MR) is 111 cm³/mol. The second kappa shape index (κ2) is 7.44. The minimum atomic E-state index is -0.0668. The van der Waals surface area contributed by atoms with E-state index in [2.05, 4.69) is 20.2 Å². The zero-order valence-corrected chi connectivity index (χ0v) is 16.9. The number of amides is 1. The van der Waals surface area contributed by atoms with Crippen LogP contribution in [0.2, 0.25) is 0 Å². The Balaban J connectivity index is 1.66. The monoisotopic (exact) mass is 406 g/mol. The molecule has 3 heterocycles. The third-order valence-electron chi connectivity index (χ3n) is 4.21. The van der Waals surface area contributed by atoms with E-state index in [9.17, 15) is 4.79 Å². The Morgan fingerprint density at radius 3 is 2.45 bits per heavy atom. The average molecular weight is 406 g/mol. The van der Waals surface area contributed by atoms with E-state index in [1.54, 1.807) is 43.8 Å². The quantitative estimate of drug-likeness (QED) is 0.552. The Hall–Kier alpha value is -3.59. The number of aryl methyl sites for hydroxylation is 1. The maximum atomic E-state index is 12.1. The van der Waals surface area contributed by atoms with Crippen molar-refractivity contribution in [2.75, 3.05) is 19.8 Å². The van der Waals surface area contributed by atoms with Gasteiger partial charge in [0.15, 0.2) is 11.5 Å². The van der Waals surface area contributed by atoms with Crippen LogP contribution in [0.15, 0.2) is 47.0 Å². The molecule has 4 aromatic rings. The van der Waals surface area contributed by atoms with E-state index in [1.165, 1.54) is 4.90 Å². The summed E-state index contributed by atoms with van der Waals surface area (Å²) in [6.45, 7) is 2.01. The van der Waals surface area contributed by atoms with Crippen LogP contribution in [0.1, 0.15) is 15.2 Å². The normalized spacial score (nSPS) is 10.9. The van der Waals surface area contributed by atoms with E-state index < -0.39 is 0 Å². The Morgan fingerprint density at radius 2 is 1.79 bits per heavy atom. The highest BCUT2D eigenvalue weighted by Gasteiger charge is 2.18. The van der Waals surface area contributed by atoms with Gasteiger partial charge in [0.25, 0.3) is 17.7 Å². The number of thiophene rings is 1. The smallest absolute Gasteiger partial charge is 0.270 e. The molecular formula is C20H18N6O2S. The molecule has 0 radical (unpaired) electrons. The number of benzene rings is 1. The maximum absolute atomic E-state index is 12.1. The zero-order valence-electron chi connectivity index (χ0n) is 16.1. The highest BCUT2D eigenvalue weighted by Crippen LogP contribution is 2.31. The molecule has 1 aromatic carbocycles. The topological polar surface area (TPSA) is 111 Å². The lowest BCUT2D eigenvalue weighted by molar-refractivity contribution is 0.0827. The number of anilines is 1. The van der Waals surface area contributed by atoms with Gasteiger partial charge in [-0.2, -0.15) is 0 Å². The lowest BCUT2D eigenvalue weighted by Gasteiger charge is -2.10. The lowest BCUT2D eigenvalue weighted by atomic mass is 10.1. The van der Waals surface area contributed by atoms with Crippen molar-refractivity contribution < 1.29 is 9.21 Å². The molecule has 0 saturated heterocycles. The first-order valence-corrected chi connectivity index (χ1v) is 9.59. The standard InChI is InChI=1S/C20H18N6O2S/c1-11-4-9-15(29-11)18-24-25-19(28-18)16-17(21)22-10-14(23-16)12-5-7-13(8-6-12)20(27)26(2)3/h4-10H,1-3H3,(H2,21,22). The van der Waals surface area contributed by atoms with E-state index in [0.29, 0.717) is 22.8 Å². The molecule has 0 spiro atoms. The Kier molecular flexibility index (Phi) is 4.81. The summed E-state index contributed by atoms with van der Waals surface area (Å²) in [4.78, 5) is 24.4. The molecule has 29 heavy (non-hydrogen) atoms. The van der Waals surface area contributed by atoms with Gasteiger partial charge in [-0.05, 0) is 31.2 Å². The summed E-state index contributed by atoms with van der Waals surface area (Å²) in [6.07, 6.45) is 1.57. The molecule has 0 atom stereocenters. The van der Waals surface area contributed by atoms with Crippen molar-refractivity contribution in [2.24, 2.45) is 0 Å². The minimum absolute atomic E-state index is 0.0668. The fraction of sp³-hybridized carbons (Fsp3) is 0.150. The van der Waals surface area contributed by atoms with Gasteiger partial charge < -0.3 is 15.1 Å². The van der Waals surface area contributed by atoms with E-state index in [4.69, 9.17) is 10.2 Å². The summed E-state index contributed by atoms with van der Waals surface area (Å²) >= 11 is 1.56. The van der Waals surface area contributed by atoms with Gasteiger partial charge in [0.1, 0.15) is 0 Å². The highest BCUT2D eigenvalue weighted by molar-refractivity contribution is 7.15. The van der Waals surface area contributed by atoms with Gasteiger partial charge in [-0.15, -0.1) is 21.5 Å². The number of nitrogens with two attached hydrogens (primary N) is 1. The molecule has 8 nitrogen and oxygen atoms in total. The Labute approximate surface area is 171 Å². The largest absolute Gasteiger partial charge is 0.414 e. The van der Waals surface area contributed by atoms with E-state index in [-0.39, 0.29) is 17.6 Å². The molecule has 0 unspecified atom stereocenters. The van der Waals surface area contributed by atoms with Gasteiger partial charge in [0.2, 0.25) is 0 Å². The molecule has 146 valence electrons. The summed E-state index contributed by atoms with van der Waals surface area (Å²) < 4.78 is 5.77. The molecule has 0 aliphatic carbocycles. The summed E-state index contributed by atoms with van der Waals surface area (Å²) in [7, 11) is 3.42. The molecule has 0 aliphatic rings. The number of rotatable bonds is 4. The molecule has 0 bridgehead atoms. The number of aromatic nitrogens is 4. The van der Waals surface area contributed by atoms with Gasteiger partial charge in [0.05, 0.1) is 16.8 Å². The van der Waals surface area contributed by atoms with Crippen LogP contribution in [0.3, 0.4) is 0 Å². The van der Waals surface area contributed by atoms with Gasteiger partial charge in [-0.3, -0.25) is 4.79 Å². The van der Waals surface area contributed by atoms with Crippen molar-refractivity contribution in [1.82, 2.24) is 25.1 Å². The highest BCUT2D eigenvalue weighted by atomic mass is 32.1. The lowest BCUT2D eigenvalue weighted by Crippen LogP contribution is -2.21. The third-order valence-corrected chi connectivity index (χ3v) is 5.20. The van der Waals surface area contributed by atoms with Crippen molar-refractivity contribution in [3.63, 3.8) is 0 Å². The van der Waals surface area contributed by atoms with Crippen LogP contribution in [-0.2, 0) is 0 Å². The van der Waals surface area contributed by atoms with Gasteiger partial charge in [0, 0.05) is 30.1 Å². The van der Waals surface area contributed by atoms with Crippen molar-refractivity contribution in [1.29, 1.82) is 0 Å². The SMILES string of the molecule is Cc1ccc(-c2nnc(-c3nc(-c4ccc(C(=O)N(C)C)cc4)cnc3N)o2)s1. The zero-order chi connectivity index (χ0) is 20.5. The number of hydrogen-bond acceptors (Lipinski definition) is 8. The molecule has 1 amide bonds. The summed E-state index contributed by atoms with van der Waals surface area (Å²) in [5, 5.41) is 8.18. The summed E-state index contributed by atoms with van der Waals surface area (Å²) in [5.74, 6) is 0.752. The first-order valence-electron chi connectivity index (χ1n) is 8.77. The third kappa shape index (κ3) is 3.72. The molecule has 4 rings (SSSR count). The van der Waals surface area contributed by atoms with Gasteiger partial charge >= 0.3 is 0 Å². The van der Waals surface area contributed by atoms with Gasteiger partial charge in [-0.1, -0.05) is 12.1 Å². The van der Waals surface area contributed by atoms with Crippen molar-refractivity contribution in [2.45, 2.75) is 6.92 Å². The van der Waals surface area contributed by atoms with Crippen LogP contribution in [0, 0.1) is 6.92 Å². The second-order valence-corrected chi connectivity index (χ2v) is 7.88. The number of hydrogen-bond donors (Lipinski definition) is 1. The fourth-order valence-electron chi connectivity index (χ4n) is 2.70. The average Bonchev–Trinajstić information content (AvgIpc) is 3.37.